The molecular weight excluding hydrogens is 340 g/mol. The summed E-state index contributed by atoms with van der Waals surface area (Å²) in [4.78, 5) is 21.8. The smallest absolute Gasteiger partial charge is 0.271 e. The minimum Gasteiger partial charge on any atom is -0.337 e. The first-order chi connectivity index (χ1) is 13.2. The number of nitrogens with zero attached hydrogens (tertiary/aromatic N) is 6. The van der Waals surface area contributed by atoms with Crippen LogP contribution in [0, 0.1) is 0 Å². The van der Waals surface area contributed by atoms with E-state index in [0.29, 0.717) is 6.54 Å². The number of carbonyl (C=O) groups is 1. The lowest BCUT2D eigenvalue weighted by atomic mass is 10.0. The van der Waals surface area contributed by atoms with E-state index in [0.717, 1.165) is 30.9 Å². The minimum atomic E-state index is 0.105. The molecule has 5 heterocycles. The first kappa shape index (κ1) is 16.3. The monoisotopic (exact) mass is 362 g/mol. The van der Waals surface area contributed by atoms with Crippen molar-refractivity contribution in [3.05, 3.63) is 72.1 Å². The summed E-state index contributed by atoms with van der Waals surface area (Å²) in [6.07, 6.45) is 9.63. The van der Waals surface area contributed by atoms with Crippen LogP contribution in [0.2, 0.25) is 0 Å². The van der Waals surface area contributed by atoms with Crippen LogP contribution >= 0.6 is 0 Å². The first-order valence-electron chi connectivity index (χ1n) is 9.25. The van der Waals surface area contributed by atoms with E-state index in [9.17, 15) is 4.79 Å². The predicted octanol–water partition coefficient (Wildman–Crippen LogP) is 1.70. The van der Waals surface area contributed by atoms with Crippen LogP contribution in [0.25, 0.3) is 0 Å². The Labute approximate surface area is 157 Å². The molecule has 1 saturated heterocycles. The van der Waals surface area contributed by atoms with Crippen LogP contribution in [-0.4, -0.2) is 54.2 Å². The molecular formula is C20H22N6O. The number of aromatic nitrogens is 4. The Hall–Kier alpha value is -2.93. The highest BCUT2D eigenvalue weighted by Crippen LogP contribution is 2.35. The topological polar surface area (TPSA) is 59.2 Å². The summed E-state index contributed by atoms with van der Waals surface area (Å²) < 4.78 is 4.00. The van der Waals surface area contributed by atoms with Gasteiger partial charge in [0.15, 0.2) is 0 Å². The second kappa shape index (κ2) is 6.35. The molecule has 5 rings (SSSR count). The lowest BCUT2D eigenvalue weighted by molar-refractivity contribution is 0.0556. The van der Waals surface area contributed by atoms with Gasteiger partial charge in [0.05, 0.1) is 18.3 Å². The summed E-state index contributed by atoms with van der Waals surface area (Å²) >= 11 is 0. The molecule has 7 nitrogen and oxygen atoms in total. The average molecular weight is 362 g/mol. The third-order valence-electron chi connectivity index (χ3n) is 5.59. The maximum Gasteiger partial charge on any atom is 0.271 e. The molecule has 0 radical (unpaired) electrons. The first-order valence-corrected chi connectivity index (χ1v) is 9.25. The van der Waals surface area contributed by atoms with Crippen LogP contribution < -0.4 is 0 Å². The third-order valence-corrected chi connectivity index (χ3v) is 5.59. The van der Waals surface area contributed by atoms with Crippen molar-refractivity contribution >= 4 is 5.91 Å². The molecule has 3 aromatic heterocycles. The van der Waals surface area contributed by atoms with E-state index in [2.05, 4.69) is 25.7 Å². The maximum absolute atomic E-state index is 13.1. The number of rotatable bonds is 4. The molecule has 0 unspecified atom stereocenters. The quantitative estimate of drug-likeness (QED) is 0.709. The van der Waals surface area contributed by atoms with E-state index >= 15 is 0 Å². The van der Waals surface area contributed by atoms with Gasteiger partial charge in [0, 0.05) is 63.6 Å². The van der Waals surface area contributed by atoms with Gasteiger partial charge in [-0.1, -0.05) is 6.07 Å². The molecule has 27 heavy (non-hydrogen) atoms. The summed E-state index contributed by atoms with van der Waals surface area (Å²) in [5.74, 6) is 0.105. The molecule has 2 aliphatic heterocycles. The summed E-state index contributed by atoms with van der Waals surface area (Å²) in [6, 6.07) is 8.30. The van der Waals surface area contributed by atoms with Gasteiger partial charge in [-0.3, -0.25) is 19.4 Å². The van der Waals surface area contributed by atoms with Crippen LogP contribution in [-0.2, 0) is 20.1 Å². The van der Waals surface area contributed by atoms with Gasteiger partial charge in [-0.15, -0.1) is 0 Å². The highest BCUT2D eigenvalue weighted by atomic mass is 16.2. The molecule has 0 aliphatic carbocycles. The van der Waals surface area contributed by atoms with E-state index in [1.54, 1.807) is 6.20 Å². The normalized spacial score (nSPS) is 22.1. The average Bonchev–Trinajstić information content (AvgIpc) is 3.39. The number of amides is 1. The van der Waals surface area contributed by atoms with Gasteiger partial charge in [0.1, 0.15) is 5.69 Å². The Morgan fingerprint density at radius 2 is 1.96 bits per heavy atom. The molecule has 2 aliphatic rings. The SMILES string of the molecule is Cn1cc(CN2C[C@@H]3[C@H](C2)N(Cc2cccnc2)C(=O)c2cccn23)cn1. The van der Waals surface area contributed by atoms with Gasteiger partial charge in [0.2, 0.25) is 0 Å². The third kappa shape index (κ3) is 2.84. The van der Waals surface area contributed by atoms with Gasteiger partial charge in [-0.25, -0.2) is 0 Å². The fraction of sp³-hybridized carbons (Fsp3) is 0.350. The van der Waals surface area contributed by atoms with Crippen LogP contribution in [0.15, 0.2) is 55.2 Å². The summed E-state index contributed by atoms with van der Waals surface area (Å²) in [5, 5.41) is 4.27. The van der Waals surface area contributed by atoms with Crippen molar-refractivity contribution in [3.63, 3.8) is 0 Å². The Kier molecular flexibility index (Phi) is 3.82. The lowest BCUT2D eigenvalue weighted by Crippen LogP contribution is -2.49. The number of fused-ring (bicyclic) bond motifs is 3. The van der Waals surface area contributed by atoms with Crippen molar-refractivity contribution in [2.75, 3.05) is 13.1 Å². The van der Waals surface area contributed by atoms with Crippen molar-refractivity contribution in [2.24, 2.45) is 7.05 Å². The summed E-state index contributed by atoms with van der Waals surface area (Å²) in [6.45, 7) is 3.24. The zero-order chi connectivity index (χ0) is 18.4. The summed E-state index contributed by atoms with van der Waals surface area (Å²) in [5.41, 5.74) is 3.05. The number of hydrogen-bond acceptors (Lipinski definition) is 4. The Morgan fingerprint density at radius 3 is 2.74 bits per heavy atom. The largest absolute Gasteiger partial charge is 0.337 e. The van der Waals surface area contributed by atoms with Gasteiger partial charge in [0.25, 0.3) is 5.91 Å². The zero-order valence-corrected chi connectivity index (χ0v) is 15.3. The van der Waals surface area contributed by atoms with E-state index in [4.69, 9.17) is 0 Å². The molecule has 1 amide bonds. The van der Waals surface area contributed by atoms with Crippen molar-refractivity contribution in [1.29, 1.82) is 0 Å². The standard InChI is InChI=1S/C20H22N6O/c1-23-10-16(9-22-23)11-24-13-18-19(14-24)26(12-15-4-2-6-21-8-15)20(27)17-5-3-7-25(17)18/h2-10,18-19H,11-14H2,1H3/t18-,19+/m1/s1. The highest BCUT2D eigenvalue weighted by molar-refractivity contribution is 5.94. The van der Waals surface area contributed by atoms with Gasteiger partial charge >= 0.3 is 0 Å². The second-order valence-electron chi connectivity index (χ2n) is 7.45. The van der Waals surface area contributed by atoms with Gasteiger partial charge < -0.3 is 9.47 Å². The number of hydrogen-bond donors (Lipinski definition) is 0. The molecule has 0 aromatic carbocycles. The number of carbonyl (C=O) groups excluding carboxylic acids is 1. The van der Waals surface area contributed by atoms with E-state index < -0.39 is 0 Å². The van der Waals surface area contributed by atoms with Crippen molar-refractivity contribution < 1.29 is 4.79 Å². The zero-order valence-electron chi connectivity index (χ0n) is 15.3. The molecule has 0 bridgehead atoms. The van der Waals surface area contributed by atoms with Gasteiger partial charge in [-0.05, 0) is 23.8 Å². The maximum atomic E-state index is 13.1. The molecule has 0 saturated carbocycles. The van der Waals surface area contributed by atoms with E-state index in [-0.39, 0.29) is 18.0 Å². The highest BCUT2D eigenvalue weighted by Gasteiger charge is 2.44. The molecule has 138 valence electrons. The van der Waals surface area contributed by atoms with Gasteiger partial charge in [-0.2, -0.15) is 5.10 Å². The molecule has 0 N–H and O–H groups in total. The molecule has 2 atom stereocenters. The van der Waals surface area contributed by atoms with Crippen LogP contribution in [0.4, 0.5) is 0 Å². The Morgan fingerprint density at radius 1 is 1.07 bits per heavy atom. The van der Waals surface area contributed by atoms with Crippen molar-refractivity contribution in [2.45, 2.75) is 25.2 Å². The number of pyridine rings is 1. The number of aryl methyl sites for hydroxylation is 1. The Balaban J connectivity index is 1.43. The Bertz CT molecular complexity index is 962. The molecule has 0 spiro atoms. The predicted molar refractivity (Wildman–Crippen MR) is 99.9 cm³/mol. The number of likely N-dealkylation sites (tertiary alicyclic amines) is 1. The van der Waals surface area contributed by atoms with E-state index in [1.165, 1.54) is 5.56 Å². The second-order valence-corrected chi connectivity index (χ2v) is 7.45. The van der Waals surface area contributed by atoms with E-state index in [1.807, 2.05) is 59.5 Å². The molecule has 3 aromatic rings. The summed E-state index contributed by atoms with van der Waals surface area (Å²) in [7, 11) is 1.94. The minimum absolute atomic E-state index is 0.105. The molecule has 7 heteroatoms. The van der Waals surface area contributed by atoms with Crippen LogP contribution in [0.1, 0.15) is 27.7 Å². The lowest BCUT2D eigenvalue weighted by Gasteiger charge is -2.38. The van der Waals surface area contributed by atoms with Crippen LogP contribution in [0.3, 0.4) is 0 Å². The molecule has 1 fully saturated rings. The van der Waals surface area contributed by atoms with Crippen molar-refractivity contribution in [1.82, 2.24) is 29.1 Å². The van der Waals surface area contributed by atoms with Crippen molar-refractivity contribution in [3.8, 4) is 0 Å². The fourth-order valence-corrected chi connectivity index (χ4v) is 4.41. The fourth-order valence-electron chi connectivity index (χ4n) is 4.41. The van der Waals surface area contributed by atoms with Crippen LogP contribution in [0.5, 0.6) is 0 Å².